The molecule has 1 rings (SSSR count). The Morgan fingerprint density at radius 2 is 1.42 bits per heavy atom. The second kappa shape index (κ2) is 5.38. The van der Waals surface area contributed by atoms with Crippen molar-refractivity contribution in [3.05, 3.63) is 55.0 Å². The van der Waals surface area contributed by atoms with Gasteiger partial charge in [-0.1, -0.05) is 13.8 Å². The number of hydrogen-bond acceptors (Lipinski definition) is 6. The molecule has 1 aromatic carbocycles. The lowest BCUT2D eigenvalue weighted by Gasteiger charge is -2.06. The first-order valence-corrected chi connectivity index (χ1v) is 5.17. The molecule has 0 bridgehead atoms. The molecule has 1 atom stereocenters. The van der Waals surface area contributed by atoms with Gasteiger partial charge < -0.3 is 0 Å². The summed E-state index contributed by atoms with van der Waals surface area (Å²) in [5.41, 5.74) is -2.10. The molecule has 101 valence electrons. The molecule has 0 saturated heterocycles. The molecule has 0 saturated carbocycles. The molecular formula is C10H10N3O6. The number of nitrogens with zero attached hydrogens (tertiary/aromatic N) is 3. The summed E-state index contributed by atoms with van der Waals surface area (Å²) in [6.07, 6.45) is 0.120. The first-order valence-electron chi connectivity index (χ1n) is 5.17. The van der Waals surface area contributed by atoms with Gasteiger partial charge in [-0.05, 0) is 12.3 Å². The van der Waals surface area contributed by atoms with Gasteiger partial charge in [0.15, 0.2) is 0 Å². The number of nitro benzene ring substituents is 3. The van der Waals surface area contributed by atoms with Crippen molar-refractivity contribution in [1.29, 1.82) is 0 Å². The van der Waals surface area contributed by atoms with Gasteiger partial charge in [-0.3, -0.25) is 30.3 Å². The Morgan fingerprint density at radius 3 is 1.79 bits per heavy atom. The van der Waals surface area contributed by atoms with Crippen molar-refractivity contribution in [2.45, 2.75) is 13.3 Å². The molecule has 9 nitrogen and oxygen atoms in total. The van der Waals surface area contributed by atoms with Gasteiger partial charge in [0.2, 0.25) is 0 Å². The monoisotopic (exact) mass is 268 g/mol. The van der Waals surface area contributed by atoms with E-state index in [-0.39, 0.29) is 17.9 Å². The lowest BCUT2D eigenvalue weighted by atomic mass is 10.00. The van der Waals surface area contributed by atoms with E-state index in [1.54, 1.807) is 6.92 Å². The molecule has 0 fully saturated rings. The van der Waals surface area contributed by atoms with Crippen molar-refractivity contribution >= 4 is 17.1 Å². The molecule has 1 unspecified atom stereocenters. The zero-order valence-electron chi connectivity index (χ0n) is 9.94. The second-order valence-corrected chi connectivity index (χ2v) is 4.05. The maximum atomic E-state index is 10.9. The maximum Gasteiger partial charge on any atom is 0.352 e. The molecule has 0 aliphatic heterocycles. The van der Waals surface area contributed by atoms with Crippen LogP contribution in [0.5, 0.6) is 0 Å². The van der Waals surface area contributed by atoms with Gasteiger partial charge in [0.1, 0.15) is 6.07 Å². The van der Waals surface area contributed by atoms with E-state index < -0.39 is 31.8 Å². The second-order valence-electron chi connectivity index (χ2n) is 4.05. The SMILES string of the molecule is [CH2]C(C)Cc1cc([N+](=O)[O-])c([N+](=O)[O-])cc1[N+](=O)[O-]. The van der Waals surface area contributed by atoms with Gasteiger partial charge in [-0.25, -0.2) is 0 Å². The van der Waals surface area contributed by atoms with Crippen LogP contribution in [-0.4, -0.2) is 14.8 Å². The Bertz CT molecular complexity index is 554. The molecule has 0 spiro atoms. The largest absolute Gasteiger partial charge is 0.352 e. The third kappa shape index (κ3) is 3.21. The van der Waals surface area contributed by atoms with E-state index in [0.717, 1.165) is 6.07 Å². The molecule has 0 heterocycles. The summed E-state index contributed by atoms with van der Waals surface area (Å²) in [6, 6.07) is 1.49. The Balaban J connectivity index is 3.54. The zero-order chi connectivity index (χ0) is 14.7. The maximum absolute atomic E-state index is 10.9. The van der Waals surface area contributed by atoms with E-state index in [0.29, 0.717) is 6.07 Å². The van der Waals surface area contributed by atoms with Gasteiger partial charge in [-0.2, -0.15) is 0 Å². The van der Waals surface area contributed by atoms with Crippen LogP contribution < -0.4 is 0 Å². The summed E-state index contributed by atoms with van der Waals surface area (Å²) in [5.74, 6) is -0.222. The minimum atomic E-state index is -1.01. The van der Waals surface area contributed by atoms with Crippen LogP contribution in [0.4, 0.5) is 17.1 Å². The van der Waals surface area contributed by atoms with Crippen molar-refractivity contribution in [2.75, 3.05) is 0 Å². The number of nitro groups is 3. The molecule has 9 heteroatoms. The Labute approximate surface area is 107 Å². The summed E-state index contributed by atoms with van der Waals surface area (Å²) >= 11 is 0. The Kier molecular flexibility index (Phi) is 4.10. The fourth-order valence-electron chi connectivity index (χ4n) is 1.61. The predicted molar refractivity (Wildman–Crippen MR) is 64.6 cm³/mol. The Morgan fingerprint density at radius 1 is 1.00 bits per heavy atom. The lowest BCUT2D eigenvalue weighted by molar-refractivity contribution is -0.424. The van der Waals surface area contributed by atoms with E-state index >= 15 is 0 Å². The van der Waals surface area contributed by atoms with Crippen molar-refractivity contribution in [3.8, 4) is 0 Å². The molecule has 0 aliphatic rings. The summed E-state index contributed by atoms with van der Waals surface area (Å²) < 4.78 is 0. The van der Waals surface area contributed by atoms with Crippen LogP contribution in [-0.2, 0) is 6.42 Å². The molecule has 19 heavy (non-hydrogen) atoms. The van der Waals surface area contributed by atoms with E-state index in [1.165, 1.54) is 0 Å². The molecule has 0 aromatic heterocycles. The third-order valence-electron chi connectivity index (χ3n) is 2.33. The Hall–Kier alpha value is -2.58. The van der Waals surface area contributed by atoms with E-state index in [9.17, 15) is 30.3 Å². The van der Waals surface area contributed by atoms with E-state index in [4.69, 9.17) is 0 Å². The van der Waals surface area contributed by atoms with Crippen LogP contribution in [0.15, 0.2) is 12.1 Å². The fourth-order valence-corrected chi connectivity index (χ4v) is 1.61. The molecule has 0 amide bonds. The van der Waals surface area contributed by atoms with Gasteiger partial charge in [-0.15, -0.1) is 0 Å². The smallest absolute Gasteiger partial charge is 0.258 e. The van der Waals surface area contributed by atoms with Crippen LogP contribution in [0.25, 0.3) is 0 Å². The minimum absolute atomic E-state index is 0.0600. The summed E-state index contributed by atoms with van der Waals surface area (Å²) in [5, 5.41) is 32.3. The van der Waals surface area contributed by atoms with Crippen LogP contribution in [0.1, 0.15) is 12.5 Å². The van der Waals surface area contributed by atoms with Gasteiger partial charge >= 0.3 is 11.4 Å². The predicted octanol–water partition coefficient (Wildman–Crippen LogP) is 2.42. The topological polar surface area (TPSA) is 129 Å². The first kappa shape index (κ1) is 14.5. The van der Waals surface area contributed by atoms with Crippen molar-refractivity contribution in [3.63, 3.8) is 0 Å². The molecular weight excluding hydrogens is 258 g/mol. The number of hydrogen-bond donors (Lipinski definition) is 0. The van der Waals surface area contributed by atoms with Crippen LogP contribution in [0.3, 0.4) is 0 Å². The van der Waals surface area contributed by atoms with Gasteiger partial charge in [0.05, 0.1) is 14.8 Å². The van der Waals surface area contributed by atoms with E-state index in [1.807, 2.05) is 0 Å². The normalized spacial score (nSPS) is 10.5. The highest BCUT2D eigenvalue weighted by Crippen LogP contribution is 2.35. The van der Waals surface area contributed by atoms with Crippen molar-refractivity contribution < 1.29 is 14.8 Å². The van der Waals surface area contributed by atoms with Crippen LogP contribution in [0.2, 0.25) is 0 Å². The molecule has 1 aromatic rings. The highest BCUT2D eigenvalue weighted by Gasteiger charge is 2.31. The molecule has 0 N–H and O–H groups in total. The summed E-state index contributed by atoms with van der Waals surface area (Å²) in [7, 11) is 0. The highest BCUT2D eigenvalue weighted by molar-refractivity contribution is 5.62. The van der Waals surface area contributed by atoms with Gasteiger partial charge in [0, 0.05) is 11.6 Å². The fraction of sp³-hybridized carbons (Fsp3) is 0.300. The average molecular weight is 268 g/mol. The zero-order valence-corrected chi connectivity index (χ0v) is 9.94. The van der Waals surface area contributed by atoms with Crippen molar-refractivity contribution in [2.24, 2.45) is 5.92 Å². The quantitative estimate of drug-likeness (QED) is 0.595. The highest BCUT2D eigenvalue weighted by atomic mass is 16.6. The lowest BCUT2D eigenvalue weighted by Crippen LogP contribution is -2.04. The van der Waals surface area contributed by atoms with E-state index in [2.05, 4.69) is 6.92 Å². The minimum Gasteiger partial charge on any atom is -0.258 e. The first-order chi connectivity index (χ1) is 8.73. The van der Waals surface area contributed by atoms with Crippen LogP contribution >= 0.6 is 0 Å². The standard InChI is InChI=1S/C10H10N3O6/c1-6(2)3-7-4-9(12(16)17)10(13(18)19)5-8(7)11(14)15/h4-6H,1,3H2,2H3. The number of rotatable bonds is 5. The molecule has 0 aliphatic carbocycles. The third-order valence-corrected chi connectivity index (χ3v) is 2.33. The average Bonchev–Trinajstić information content (AvgIpc) is 2.26. The number of benzene rings is 1. The van der Waals surface area contributed by atoms with Crippen LogP contribution in [0, 0.1) is 43.2 Å². The van der Waals surface area contributed by atoms with Crippen molar-refractivity contribution in [1.82, 2.24) is 0 Å². The summed E-state index contributed by atoms with van der Waals surface area (Å²) in [6.45, 7) is 5.32. The molecule has 1 radical (unpaired) electrons. The summed E-state index contributed by atoms with van der Waals surface area (Å²) in [4.78, 5) is 29.6. The van der Waals surface area contributed by atoms with Gasteiger partial charge in [0.25, 0.3) is 5.69 Å².